The quantitative estimate of drug-likeness (QED) is 0.861. The van der Waals surface area contributed by atoms with Gasteiger partial charge in [0, 0.05) is 12.2 Å². The highest BCUT2D eigenvalue weighted by Gasteiger charge is 2.21. The van der Waals surface area contributed by atoms with Gasteiger partial charge in [-0.15, -0.1) is 0 Å². The van der Waals surface area contributed by atoms with Gasteiger partial charge in [-0.2, -0.15) is 0 Å². The van der Waals surface area contributed by atoms with Gasteiger partial charge in [0.1, 0.15) is 5.82 Å². The number of hydrogen-bond donors (Lipinski definition) is 2. The molecule has 1 unspecified atom stereocenters. The normalized spacial score (nSPS) is 18.3. The first-order valence-electron chi connectivity index (χ1n) is 6.69. The van der Waals surface area contributed by atoms with Crippen LogP contribution in [0, 0.1) is 5.92 Å². The van der Waals surface area contributed by atoms with Crippen LogP contribution in [0.5, 0.6) is 0 Å². The Labute approximate surface area is 108 Å². The van der Waals surface area contributed by atoms with Gasteiger partial charge in [0.2, 0.25) is 0 Å². The zero-order valence-corrected chi connectivity index (χ0v) is 10.9. The van der Waals surface area contributed by atoms with Crippen molar-refractivity contribution in [1.29, 1.82) is 0 Å². The summed E-state index contributed by atoms with van der Waals surface area (Å²) in [6.45, 7) is 2.10. The fraction of sp³-hybridized carbons (Fsp3) is 0.571. The van der Waals surface area contributed by atoms with Crippen LogP contribution in [0.1, 0.15) is 49.4 Å². The van der Waals surface area contributed by atoms with Crippen molar-refractivity contribution in [2.75, 3.05) is 5.73 Å². The molecule has 0 bridgehead atoms. The van der Waals surface area contributed by atoms with Gasteiger partial charge < -0.3 is 11.1 Å². The van der Waals surface area contributed by atoms with Crippen molar-refractivity contribution in [3.05, 3.63) is 23.9 Å². The molecule has 2 rings (SSSR count). The summed E-state index contributed by atoms with van der Waals surface area (Å²) in [5.41, 5.74) is 6.08. The van der Waals surface area contributed by atoms with E-state index in [0.717, 1.165) is 0 Å². The first-order valence-corrected chi connectivity index (χ1v) is 6.69. The molecule has 98 valence electrons. The van der Waals surface area contributed by atoms with Crippen LogP contribution >= 0.6 is 0 Å². The molecule has 1 heterocycles. The second-order valence-electron chi connectivity index (χ2n) is 5.13. The monoisotopic (exact) mass is 247 g/mol. The third-order valence-corrected chi connectivity index (χ3v) is 3.76. The highest BCUT2D eigenvalue weighted by Crippen LogP contribution is 2.26. The van der Waals surface area contributed by atoms with Crippen LogP contribution in [0.3, 0.4) is 0 Å². The molecule has 0 spiro atoms. The summed E-state index contributed by atoms with van der Waals surface area (Å²) in [7, 11) is 0. The lowest BCUT2D eigenvalue weighted by Gasteiger charge is -2.28. The second kappa shape index (κ2) is 5.85. The molecule has 18 heavy (non-hydrogen) atoms. The first kappa shape index (κ1) is 12.9. The number of pyridine rings is 1. The average molecular weight is 247 g/mol. The fourth-order valence-electron chi connectivity index (χ4n) is 2.58. The van der Waals surface area contributed by atoms with Gasteiger partial charge in [-0.25, -0.2) is 4.98 Å². The molecule has 1 aliphatic rings. The topological polar surface area (TPSA) is 68.0 Å². The summed E-state index contributed by atoms with van der Waals surface area (Å²) >= 11 is 0. The van der Waals surface area contributed by atoms with E-state index in [0.29, 0.717) is 17.3 Å². The zero-order valence-electron chi connectivity index (χ0n) is 10.9. The smallest absolute Gasteiger partial charge is 0.253 e. The van der Waals surface area contributed by atoms with Crippen LogP contribution in [0.4, 0.5) is 5.82 Å². The third-order valence-electron chi connectivity index (χ3n) is 3.76. The van der Waals surface area contributed by atoms with Crippen molar-refractivity contribution in [1.82, 2.24) is 10.3 Å². The molecule has 0 radical (unpaired) electrons. The van der Waals surface area contributed by atoms with E-state index >= 15 is 0 Å². The highest BCUT2D eigenvalue weighted by atomic mass is 16.1. The van der Waals surface area contributed by atoms with E-state index in [1.165, 1.54) is 38.3 Å². The number of rotatable bonds is 3. The van der Waals surface area contributed by atoms with E-state index in [9.17, 15) is 4.79 Å². The van der Waals surface area contributed by atoms with Crippen molar-refractivity contribution >= 4 is 11.7 Å². The molecule has 4 nitrogen and oxygen atoms in total. The molecule has 1 amide bonds. The number of anilines is 1. The van der Waals surface area contributed by atoms with Crippen molar-refractivity contribution in [3.8, 4) is 0 Å². The fourth-order valence-corrected chi connectivity index (χ4v) is 2.58. The number of nitrogens with one attached hydrogen (secondary N) is 1. The molecule has 1 aromatic rings. The Hall–Kier alpha value is -1.58. The standard InChI is InChI=1S/C14H21N3O/c1-10(11-5-3-2-4-6-11)17-14(18)12-7-8-13(15)16-9-12/h7-11H,2-6H2,1H3,(H2,15,16)(H,17,18). The maximum absolute atomic E-state index is 12.0. The number of carbonyl (C=O) groups is 1. The van der Waals surface area contributed by atoms with Crippen molar-refractivity contribution in [2.24, 2.45) is 5.92 Å². The predicted octanol–water partition coefficient (Wildman–Crippen LogP) is 2.36. The SMILES string of the molecule is CC(NC(=O)c1ccc(N)nc1)C1CCCCC1. The molecular formula is C14H21N3O. The zero-order chi connectivity index (χ0) is 13.0. The maximum Gasteiger partial charge on any atom is 0.253 e. The van der Waals surface area contributed by atoms with Gasteiger partial charge in [0.05, 0.1) is 5.56 Å². The van der Waals surface area contributed by atoms with Gasteiger partial charge in [-0.1, -0.05) is 19.3 Å². The van der Waals surface area contributed by atoms with E-state index in [4.69, 9.17) is 5.73 Å². The van der Waals surface area contributed by atoms with Crippen molar-refractivity contribution < 1.29 is 4.79 Å². The predicted molar refractivity (Wildman–Crippen MR) is 72.2 cm³/mol. The molecule has 1 aromatic heterocycles. The molecule has 0 saturated heterocycles. The van der Waals surface area contributed by atoms with Crippen LogP contribution < -0.4 is 11.1 Å². The van der Waals surface area contributed by atoms with E-state index in [2.05, 4.69) is 17.2 Å². The van der Waals surface area contributed by atoms with E-state index < -0.39 is 0 Å². The summed E-state index contributed by atoms with van der Waals surface area (Å²) in [5, 5.41) is 3.07. The number of aromatic nitrogens is 1. The minimum absolute atomic E-state index is 0.0550. The Morgan fingerprint density at radius 2 is 2.11 bits per heavy atom. The molecule has 0 aromatic carbocycles. The number of carbonyl (C=O) groups excluding carboxylic acids is 1. The van der Waals surface area contributed by atoms with E-state index in [1.54, 1.807) is 12.1 Å². The Kier molecular flexibility index (Phi) is 4.18. The summed E-state index contributed by atoms with van der Waals surface area (Å²) < 4.78 is 0. The minimum Gasteiger partial charge on any atom is -0.384 e. The Balaban J connectivity index is 1.91. The maximum atomic E-state index is 12.0. The van der Waals surface area contributed by atoms with Gasteiger partial charge in [-0.3, -0.25) is 4.79 Å². The molecule has 1 atom stereocenters. The van der Waals surface area contributed by atoms with E-state index in [1.807, 2.05) is 0 Å². The first-order chi connectivity index (χ1) is 8.66. The molecular weight excluding hydrogens is 226 g/mol. The average Bonchev–Trinajstić information content (AvgIpc) is 2.40. The lowest BCUT2D eigenvalue weighted by molar-refractivity contribution is 0.0919. The Bertz CT molecular complexity index is 396. The largest absolute Gasteiger partial charge is 0.384 e. The number of amides is 1. The second-order valence-corrected chi connectivity index (χ2v) is 5.13. The highest BCUT2D eigenvalue weighted by molar-refractivity contribution is 5.94. The molecule has 3 N–H and O–H groups in total. The number of hydrogen-bond acceptors (Lipinski definition) is 3. The van der Waals surface area contributed by atoms with Gasteiger partial charge in [0.25, 0.3) is 5.91 Å². The van der Waals surface area contributed by atoms with Crippen LogP contribution in [0.2, 0.25) is 0 Å². The number of nitrogen functional groups attached to an aromatic ring is 1. The summed E-state index contributed by atoms with van der Waals surface area (Å²) in [5.74, 6) is 0.997. The van der Waals surface area contributed by atoms with Gasteiger partial charge >= 0.3 is 0 Å². The molecule has 0 aliphatic heterocycles. The van der Waals surface area contributed by atoms with Crippen LogP contribution in [0.15, 0.2) is 18.3 Å². The number of nitrogens with two attached hydrogens (primary N) is 1. The van der Waals surface area contributed by atoms with E-state index in [-0.39, 0.29) is 11.9 Å². The third kappa shape index (κ3) is 3.22. The molecule has 1 aliphatic carbocycles. The van der Waals surface area contributed by atoms with Crippen LogP contribution in [0.25, 0.3) is 0 Å². The Morgan fingerprint density at radius 3 is 2.72 bits per heavy atom. The lowest BCUT2D eigenvalue weighted by Crippen LogP contribution is -2.38. The van der Waals surface area contributed by atoms with Crippen LogP contribution in [-0.2, 0) is 0 Å². The molecule has 1 fully saturated rings. The van der Waals surface area contributed by atoms with Gasteiger partial charge in [-0.05, 0) is 37.8 Å². The molecule has 4 heteroatoms. The number of nitrogens with zero attached hydrogens (tertiary/aromatic N) is 1. The summed E-state index contributed by atoms with van der Waals surface area (Å²) in [6, 6.07) is 3.60. The summed E-state index contributed by atoms with van der Waals surface area (Å²) in [6.07, 6.45) is 7.88. The van der Waals surface area contributed by atoms with Crippen molar-refractivity contribution in [3.63, 3.8) is 0 Å². The lowest BCUT2D eigenvalue weighted by atomic mass is 9.84. The van der Waals surface area contributed by atoms with Crippen molar-refractivity contribution in [2.45, 2.75) is 45.1 Å². The Morgan fingerprint density at radius 1 is 1.39 bits per heavy atom. The minimum atomic E-state index is -0.0550. The molecule has 1 saturated carbocycles. The van der Waals surface area contributed by atoms with Gasteiger partial charge in [0.15, 0.2) is 0 Å². The summed E-state index contributed by atoms with van der Waals surface area (Å²) in [4.78, 5) is 16.0. The van der Waals surface area contributed by atoms with Crippen LogP contribution in [-0.4, -0.2) is 16.9 Å².